The second-order valence-electron chi connectivity index (χ2n) is 8.75. The fourth-order valence-electron chi connectivity index (χ4n) is 4.52. The van der Waals surface area contributed by atoms with Gasteiger partial charge in [0.1, 0.15) is 0 Å². The molecule has 32 heavy (non-hydrogen) atoms. The Labute approximate surface area is 190 Å². The molecule has 1 aromatic carbocycles. The van der Waals surface area contributed by atoms with Crippen LogP contribution in [-0.2, 0) is 24.8 Å². The fourth-order valence-corrected chi connectivity index (χ4v) is 4.52. The third-order valence-corrected chi connectivity index (χ3v) is 6.50. The molecule has 1 aliphatic heterocycles. The number of hydrogen-bond acceptors (Lipinski definition) is 6. The number of fused-ring (bicyclic) bond motifs is 1. The van der Waals surface area contributed by atoms with Crippen LogP contribution < -0.4 is 0 Å². The highest BCUT2D eigenvalue weighted by molar-refractivity contribution is 5.86. The molecule has 0 atom stereocenters. The molecule has 1 saturated heterocycles. The van der Waals surface area contributed by atoms with Gasteiger partial charge >= 0.3 is 0 Å². The van der Waals surface area contributed by atoms with Crippen LogP contribution in [0.25, 0.3) is 22.0 Å². The second kappa shape index (κ2) is 10.3. The summed E-state index contributed by atoms with van der Waals surface area (Å²) in [5.74, 6) is 0.176. The third kappa shape index (κ3) is 5.22. The molecule has 0 saturated carbocycles. The SMILES string of the molecule is CCN(CC)CC(=O)Cc1cc2cc(-c3cnn(C)c3CN3CCCCC3)ccc2nn1. The van der Waals surface area contributed by atoms with Crippen molar-refractivity contribution in [1.29, 1.82) is 0 Å². The Morgan fingerprint density at radius 3 is 2.59 bits per heavy atom. The number of aromatic nitrogens is 4. The van der Waals surface area contributed by atoms with Crippen molar-refractivity contribution in [3.8, 4) is 11.1 Å². The summed E-state index contributed by atoms with van der Waals surface area (Å²) < 4.78 is 2.00. The maximum absolute atomic E-state index is 12.5. The van der Waals surface area contributed by atoms with E-state index in [1.165, 1.54) is 25.0 Å². The zero-order valence-corrected chi connectivity index (χ0v) is 19.5. The number of hydrogen-bond donors (Lipinski definition) is 0. The number of likely N-dealkylation sites (tertiary alicyclic amines) is 1. The quantitative estimate of drug-likeness (QED) is 0.514. The van der Waals surface area contributed by atoms with Crippen molar-refractivity contribution in [2.75, 3.05) is 32.7 Å². The van der Waals surface area contributed by atoms with Crippen molar-refractivity contribution in [1.82, 2.24) is 29.8 Å². The molecule has 2 aromatic heterocycles. The van der Waals surface area contributed by atoms with Crippen LogP contribution in [0.4, 0.5) is 0 Å². The molecular weight excluding hydrogens is 400 g/mol. The Balaban J connectivity index is 1.56. The van der Waals surface area contributed by atoms with E-state index in [1.807, 2.05) is 30.1 Å². The van der Waals surface area contributed by atoms with Crippen molar-refractivity contribution < 1.29 is 4.79 Å². The highest BCUT2D eigenvalue weighted by Crippen LogP contribution is 2.28. The molecule has 1 aliphatic rings. The standard InChI is InChI=1S/C25H34N6O/c1-4-30(5-2)17-22(32)15-21-14-20-13-19(9-10-24(20)28-27-21)23-16-26-29(3)25(23)18-31-11-7-6-8-12-31/h9-10,13-14,16H,4-8,11-12,15,17-18H2,1-3H3. The summed E-state index contributed by atoms with van der Waals surface area (Å²) in [6.07, 6.45) is 6.16. The number of carbonyl (C=O) groups excluding carboxylic acids is 1. The number of aryl methyl sites for hydroxylation is 1. The largest absolute Gasteiger partial charge is 0.298 e. The summed E-state index contributed by atoms with van der Waals surface area (Å²) >= 11 is 0. The van der Waals surface area contributed by atoms with E-state index >= 15 is 0 Å². The molecule has 170 valence electrons. The average Bonchev–Trinajstić information content (AvgIpc) is 3.17. The van der Waals surface area contributed by atoms with Crippen molar-refractivity contribution in [3.05, 3.63) is 41.9 Å². The summed E-state index contributed by atoms with van der Waals surface area (Å²) in [4.78, 5) is 17.1. The van der Waals surface area contributed by atoms with E-state index in [0.717, 1.165) is 60.4 Å². The van der Waals surface area contributed by atoms with Crippen LogP contribution >= 0.6 is 0 Å². The monoisotopic (exact) mass is 434 g/mol. The van der Waals surface area contributed by atoms with Crippen LogP contribution in [0.5, 0.6) is 0 Å². The Kier molecular flexibility index (Phi) is 7.27. The van der Waals surface area contributed by atoms with Crippen LogP contribution in [0.15, 0.2) is 30.5 Å². The lowest BCUT2D eigenvalue weighted by Crippen LogP contribution is -2.30. The molecule has 0 aliphatic carbocycles. The predicted octanol–water partition coefficient (Wildman–Crippen LogP) is 3.47. The molecule has 0 spiro atoms. The Hall–Kier alpha value is -2.64. The highest BCUT2D eigenvalue weighted by Gasteiger charge is 2.17. The van der Waals surface area contributed by atoms with E-state index in [2.05, 4.69) is 51.1 Å². The van der Waals surface area contributed by atoms with Crippen LogP contribution in [-0.4, -0.2) is 68.3 Å². The summed E-state index contributed by atoms with van der Waals surface area (Å²) in [6, 6.07) is 8.27. The van der Waals surface area contributed by atoms with Crippen molar-refractivity contribution in [3.63, 3.8) is 0 Å². The topological polar surface area (TPSA) is 67.2 Å². The van der Waals surface area contributed by atoms with Gasteiger partial charge in [0, 0.05) is 24.5 Å². The maximum atomic E-state index is 12.5. The summed E-state index contributed by atoms with van der Waals surface area (Å²) in [6.45, 7) is 9.59. The molecule has 7 nitrogen and oxygen atoms in total. The van der Waals surface area contributed by atoms with Crippen LogP contribution in [0.2, 0.25) is 0 Å². The Morgan fingerprint density at radius 1 is 1.06 bits per heavy atom. The number of piperidine rings is 1. The van der Waals surface area contributed by atoms with E-state index in [-0.39, 0.29) is 5.78 Å². The lowest BCUT2D eigenvalue weighted by Gasteiger charge is -2.26. The number of likely N-dealkylation sites (N-methyl/N-ethyl adjacent to an activating group) is 1. The van der Waals surface area contributed by atoms with Gasteiger partial charge in [0.05, 0.1) is 36.1 Å². The van der Waals surface area contributed by atoms with Gasteiger partial charge in [-0.15, -0.1) is 0 Å². The molecule has 4 rings (SSSR count). The van der Waals surface area contributed by atoms with Gasteiger partial charge in [0.25, 0.3) is 0 Å². The first-order valence-electron chi connectivity index (χ1n) is 11.8. The number of benzene rings is 1. The summed E-state index contributed by atoms with van der Waals surface area (Å²) in [7, 11) is 2.02. The Morgan fingerprint density at radius 2 is 1.84 bits per heavy atom. The molecule has 7 heteroatoms. The molecular formula is C25H34N6O. The molecule has 0 radical (unpaired) electrons. The maximum Gasteiger partial charge on any atom is 0.152 e. The normalized spacial score (nSPS) is 15.0. The number of ketones is 1. The lowest BCUT2D eigenvalue weighted by molar-refractivity contribution is -0.119. The van der Waals surface area contributed by atoms with Crippen LogP contribution in [0.1, 0.15) is 44.5 Å². The van der Waals surface area contributed by atoms with E-state index in [4.69, 9.17) is 0 Å². The van der Waals surface area contributed by atoms with E-state index in [9.17, 15) is 4.79 Å². The van der Waals surface area contributed by atoms with E-state index in [0.29, 0.717) is 13.0 Å². The zero-order chi connectivity index (χ0) is 22.5. The minimum absolute atomic E-state index is 0.176. The molecule has 1 fully saturated rings. The number of nitrogens with zero attached hydrogens (tertiary/aromatic N) is 6. The number of carbonyl (C=O) groups is 1. The Bertz CT molecular complexity index is 1070. The van der Waals surface area contributed by atoms with Crippen LogP contribution in [0.3, 0.4) is 0 Å². The minimum atomic E-state index is 0.176. The third-order valence-electron chi connectivity index (χ3n) is 6.50. The minimum Gasteiger partial charge on any atom is -0.298 e. The number of Topliss-reactive ketones (excluding diaryl/α,β-unsaturated/α-hetero) is 1. The molecule has 0 bridgehead atoms. The molecule has 3 heterocycles. The van der Waals surface area contributed by atoms with E-state index < -0.39 is 0 Å². The first kappa shape index (κ1) is 22.6. The molecule has 0 amide bonds. The van der Waals surface area contributed by atoms with Gasteiger partial charge in [0.15, 0.2) is 5.78 Å². The van der Waals surface area contributed by atoms with Crippen molar-refractivity contribution in [2.45, 2.75) is 46.1 Å². The second-order valence-corrected chi connectivity index (χ2v) is 8.75. The molecule has 0 unspecified atom stereocenters. The van der Waals surface area contributed by atoms with Gasteiger partial charge in [0.2, 0.25) is 0 Å². The highest BCUT2D eigenvalue weighted by atomic mass is 16.1. The van der Waals surface area contributed by atoms with Crippen LogP contribution in [0, 0.1) is 0 Å². The first-order chi connectivity index (χ1) is 15.6. The predicted molar refractivity (Wildman–Crippen MR) is 127 cm³/mol. The molecule has 0 N–H and O–H groups in total. The smallest absolute Gasteiger partial charge is 0.152 e. The van der Waals surface area contributed by atoms with E-state index in [1.54, 1.807) is 0 Å². The average molecular weight is 435 g/mol. The summed E-state index contributed by atoms with van der Waals surface area (Å²) in [5, 5.41) is 14.2. The van der Waals surface area contributed by atoms with Gasteiger partial charge < -0.3 is 0 Å². The zero-order valence-electron chi connectivity index (χ0n) is 19.5. The fraction of sp³-hybridized carbons (Fsp3) is 0.520. The van der Waals surface area contributed by atoms with Crippen molar-refractivity contribution >= 4 is 16.7 Å². The van der Waals surface area contributed by atoms with Gasteiger partial charge in [-0.3, -0.25) is 19.3 Å². The van der Waals surface area contributed by atoms with Gasteiger partial charge in [-0.05, 0) is 62.8 Å². The van der Waals surface area contributed by atoms with Gasteiger partial charge in [-0.1, -0.05) is 26.3 Å². The summed E-state index contributed by atoms with van der Waals surface area (Å²) in [5.41, 5.74) is 5.10. The number of rotatable bonds is 9. The molecule has 3 aromatic rings. The first-order valence-corrected chi connectivity index (χ1v) is 11.8. The van der Waals surface area contributed by atoms with Crippen molar-refractivity contribution in [2.24, 2.45) is 7.05 Å². The van der Waals surface area contributed by atoms with Gasteiger partial charge in [-0.2, -0.15) is 15.3 Å². The lowest BCUT2D eigenvalue weighted by atomic mass is 10.0. The van der Waals surface area contributed by atoms with Gasteiger partial charge in [-0.25, -0.2) is 0 Å².